The van der Waals surface area contributed by atoms with Gasteiger partial charge in [-0.2, -0.15) is 5.10 Å². The maximum atomic E-state index is 11.2. The number of sulfone groups is 1. The zero-order valence-corrected chi connectivity index (χ0v) is 13.5. The van der Waals surface area contributed by atoms with E-state index < -0.39 is 15.9 Å². The quantitative estimate of drug-likeness (QED) is 0.851. The van der Waals surface area contributed by atoms with Gasteiger partial charge < -0.3 is 10.7 Å². The van der Waals surface area contributed by atoms with Gasteiger partial charge in [0.2, 0.25) is 0 Å². The molecular formula is C13H21N5O2S. The van der Waals surface area contributed by atoms with Crippen molar-refractivity contribution in [2.24, 2.45) is 12.8 Å². The fraction of sp³-hybridized carbons (Fsp3) is 0.538. The van der Waals surface area contributed by atoms with Crippen LogP contribution in [0.2, 0.25) is 0 Å². The van der Waals surface area contributed by atoms with Gasteiger partial charge in [-0.15, -0.1) is 0 Å². The fourth-order valence-electron chi connectivity index (χ4n) is 2.29. The molecule has 0 amide bonds. The summed E-state index contributed by atoms with van der Waals surface area (Å²) in [5, 5.41) is 4.37. The Balaban J connectivity index is 2.22. The summed E-state index contributed by atoms with van der Waals surface area (Å²) in [6.07, 6.45) is 3.26. The lowest BCUT2D eigenvalue weighted by Gasteiger charge is -2.07. The lowest BCUT2D eigenvalue weighted by atomic mass is 10.1. The fourth-order valence-corrected chi connectivity index (χ4v) is 2.98. The second kappa shape index (κ2) is 5.61. The normalized spacial score (nSPS) is 13.6. The molecule has 116 valence electrons. The lowest BCUT2D eigenvalue weighted by molar-refractivity contribution is 0.588. The molecule has 0 aliphatic rings. The Bertz CT molecular complexity index is 745. The standard InChI is InChI=1S/C13H21N5O2S/c1-8-12(9(2)18(3)17-8)11-7-15-13(16-11)10(14)5-6-21(4,19)20/h7,10H,5-6,14H2,1-4H3,(H,15,16). The molecule has 0 radical (unpaired) electrons. The molecule has 0 saturated carbocycles. The first-order valence-corrected chi connectivity index (χ1v) is 8.74. The Labute approximate surface area is 124 Å². The van der Waals surface area contributed by atoms with E-state index in [1.54, 1.807) is 6.20 Å². The number of H-pyrrole nitrogens is 1. The molecule has 0 aliphatic heterocycles. The number of imidazole rings is 1. The maximum Gasteiger partial charge on any atom is 0.147 e. The topological polar surface area (TPSA) is 107 Å². The molecule has 0 saturated heterocycles. The van der Waals surface area contributed by atoms with E-state index in [0.29, 0.717) is 12.2 Å². The van der Waals surface area contributed by atoms with Gasteiger partial charge in [0.05, 0.1) is 29.4 Å². The van der Waals surface area contributed by atoms with Crippen molar-refractivity contribution in [1.82, 2.24) is 19.7 Å². The highest BCUT2D eigenvalue weighted by molar-refractivity contribution is 7.90. The molecule has 7 nitrogen and oxygen atoms in total. The number of aromatic amines is 1. The summed E-state index contributed by atoms with van der Waals surface area (Å²) < 4.78 is 24.2. The smallest absolute Gasteiger partial charge is 0.147 e. The molecule has 3 N–H and O–H groups in total. The highest BCUT2D eigenvalue weighted by Gasteiger charge is 2.17. The summed E-state index contributed by atoms with van der Waals surface area (Å²) in [4.78, 5) is 7.45. The largest absolute Gasteiger partial charge is 0.341 e. The van der Waals surface area contributed by atoms with E-state index in [4.69, 9.17) is 5.73 Å². The van der Waals surface area contributed by atoms with E-state index in [-0.39, 0.29) is 5.75 Å². The van der Waals surface area contributed by atoms with Crippen LogP contribution in [0.15, 0.2) is 6.20 Å². The summed E-state index contributed by atoms with van der Waals surface area (Å²) in [5.41, 5.74) is 9.80. The van der Waals surface area contributed by atoms with Gasteiger partial charge in [-0.25, -0.2) is 13.4 Å². The van der Waals surface area contributed by atoms with Gasteiger partial charge in [-0.05, 0) is 20.3 Å². The minimum Gasteiger partial charge on any atom is -0.341 e. The number of nitrogens with one attached hydrogen (secondary N) is 1. The summed E-state index contributed by atoms with van der Waals surface area (Å²) in [7, 11) is -1.13. The number of aryl methyl sites for hydroxylation is 2. The van der Waals surface area contributed by atoms with Crippen molar-refractivity contribution >= 4 is 9.84 Å². The SMILES string of the molecule is Cc1nn(C)c(C)c1-c1cnc(C(N)CCS(C)(=O)=O)[nH]1. The van der Waals surface area contributed by atoms with Crippen LogP contribution in [0.25, 0.3) is 11.3 Å². The minimum absolute atomic E-state index is 0.0507. The Kier molecular flexibility index (Phi) is 4.20. The van der Waals surface area contributed by atoms with Gasteiger partial charge in [0.1, 0.15) is 15.7 Å². The third-order valence-electron chi connectivity index (χ3n) is 3.52. The summed E-state index contributed by atoms with van der Waals surface area (Å²) in [6, 6.07) is -0.425. The van der Waals surface area contributed by atoms with Crippen LogP contribution in [-0.2, 0) is 16.9 Å². The zero-order chi connectivity index (χ0) is 15.8. The number of aromatic nitrogens is 4. The van der Waals surface area contributed by atoms with Crippen LogP contribution in [0, 0.1) is 13.8 Å². The highest BCUT2D eigenvalue weighted by atomic mass is 32.2. The number of nitrogens with two attached hydrogens (primary N) is 1. The van der Waals surface area contributed by atoms with E-state index in [2.05, 4.69) is 15.1 Å². The molecule has 8 heteroatoms. The summed E-state index contributed by atoms with van der Waals surface area (Å²) in [5.74, 6) is 0.645. The third kappa shape index (κ3) is 3.51. The monoisotopic (exact) mass is 311 g/mol. The average Bonchev–Trinajstić information content (AvgIpc) is 2.92. The predicted molar refractivity (Wildman–Crippen MR) is 81.5 cm³/mol. The molecule has 2 rings (SSSR count). The first-order valence-electron chi connectivity index (χ1n) is 6.68. The van der Waals surface area contributed by atoms with Crippen LogP contribution in [-0.4, -0.2) is 40.2 Å². The van der Waals surface area contributed by atoms with Gasteiger partial charge >= 0.3 is 0 Å². The number of nitrogens with zero attached hydrogens (tertiary/aromatic N) is 3. The first-order chi connectivity index (χ1) is 9.69. The molecule has 0 bridgehead atoms. The van der Waals surface area contributed by atoms with Crippen molar-refractivity contribution in [2.75, 3.05) is 12.0 Å². The third-order valence-corrected chi connectivity index (χ3v) is 4.50. The van der Waals surface area contributed by atoms with E-state index in [1.165, 1.54) is 6.26 Å². The van der Waals surface area contributed by atoms with Crippen LogP contribution in [0.4, 0.5) is 0 Å². The van der Waals surface area contributed by atoms with Crippen molar-refractivity contribution < 1.29 is 8.42 Å². The second-order valence-corrected chi connectivity index (χ2v) is 7.64. The average molecular weight is 311 g/mol. The molecule has 1 unspecified atom stereocenters. The molecule has 2 heterocycles. The Morgan fingerprint density at radius 1 is 1.43 bits per heavy atom. The van der Waals surface area contributed by atoms with Crippen molar-refractivity contribution in [3.63, 3.8) is 0 Å². The second-order valence-electron chi connectivity index (χ2n) is 5.38. The lowest BCUT2D eigenvalue weighted by Crippen LogP contribution is -2.16. The molecule has 1 atom stereocenters. The molecule has 0 aromatic carbocycles. The number of rotatable bonds is 5. The predicted octanol–water partition coefficient (Wildman–Crippen LogP) is 0.862. The van der Waals surface area contributed by atoms with Crippen molar-refractivity contribution in [3.05, 3.63) is 23.4 Å². The Morgan fingerprint density at radius 3 is 2.62 bits per heavy atom. The van der Waals surface area contributed by atoms with E-state index in [9.17, 15) is 8.42 Å². The summed E-state index contributed by atoms with van der Waals surface area (Å²) in [6.45, 7) is 3.92. The van der Waals surface area contributed by atoms with Crippen LogP contribution in [0.5, 0.6) is 0 Å². The Hall–Kier alpha value is -1.67. The number of hydrogen-bond donors (Lipinski definition) is 2. The minimum atomic E-state index is -3.02. The number of hydrogen-bond acceptors (Lipinski definition) is 5. The molecule has 0 aliphatic carbocycles. The van der Waals surface area contributed by atoms with Crippen molar-refractivity contribution in [3.8, 4) is 11.3 Å². The maximum absolute atomic E-state index is 11.2. The van der Waals surface area contributed by atoms with Gasteiger partial charge in [-0.3, -0.25) is 4.68 Å². The van der Waals surface area contributed by atoms with Crippen LogP contribution in [0.3, 0.4) is 0 Å². The van der Waals surface area contributed by atoms with Crippen molar-refractivity contribution in [2.45, 2.75) is 26.3 Å². The van der Waals surface area contributed by atoms with Crippen molar-refractivity contribution in [1.29, 1.82) is 0 Å². The van der Waals surface area contributed by atoms with Gasteiger partial charge in [-0.1, -0.05) is 0 Å². The van der Waals surface area contributed by atoms with Crippen LogP contribution >= 0.6 is 0 Å². The van der Waals surface area contributed by atoms with Gasteiger partial charge in [0.15, 0.2) is 0 Å². The zero-order valence-electron chi connectivity index (χ0n) is 12.7. The molecule has 0 spiro atoms. The van der Waals surface area contributed by atoms with Crippen LogP contribution < -0.4 is 5.73 Å². The van der Waals surface area contributed by atoms with E-state index in [0.717, 1.165) is 22.6 Å². The molecule has 0 fully saturated rings. The van der Waals surface area contributed by atoms with Crippen LogP contribution in [0.1, 0.15) is 29.7 Å². The van der Waals surface area contributed by atoms with E-state index in [1.807, 2.05) is 25.6 Å². The van der Waals surface area contributed by atoms with Gasteiger partial charge in [0.25, 0.3) is 0 Å². The first kappa shape index (κ1) is 15.7. The molecule has 2 aromatic heterocycles. The molecular weight excluding hydrogens is 290 g/mol. The van der Waals surface area contributed by atoms with E-state index >= 15 is 0 Å². The molecule has 21 heavy (non-hydrogen) atoms. The highest BCUT2D eigenvalue weighted by Crippen LogP contribution is 2.26. The van der Waals surface area contributed by atoms with Gasteiger partial charge in [0, 0.05) is 24.6 Å². The Morgan fingerprint density at radius 2 is 2.10 bits per heavy atom. The summed E-state index contributed by atoms with van der Waals surface area (Å²) >= 11 is 0. The molecule has 2 aromatic rings.